The van der Waals surface area contributed by atoms with Gasteiger partial charge in [-0.05, 0) is 74.9 Å². The Balaban J connectivity index is 1.61. The number of hydrogen-bond donors (Lipinski definition) is 1. The molecule has 10 heteroatoms. The molecule has 3 aromatic heterocycles. The van der Waals surface area contributed by atoms with Crippen LogP contribution in [0.25, 0.3) is 38.8 Å². The predicted molar refractivity (Wildman–Crippen MR) is 177 cm³/mol. The summed E-state index contributed by atoms with van der Waals surface area (Å²) in [5, 5.41) is 0.318. The molecule has 2 atom stereocenters. The van der Waals surface area contributed by atoms with Gasteiger partial charge in [-0.3, -0.25) is 19.1 Å². The summed E-state index contributed by atoms with van der Waals surface area (Å²) < 4.78 is 35.6. The van der Waals surface area contributed by atoms with E-state index in [1.165, 1.54) is 23.0 Å². The quantitative estimate of drug-likeness (QED) is 0.232. The fourth-order valence-corrected chi connectivity index (χ4v) is 7.51. The monoisotopic (exact) mass is 622 g/mol. The summed E-state index contributed by atoms with van der Waals surface area (Å²) in [6.07, 6.45) is 5.53. The van der Waals surface area contributed by atoms with Gasteiger partial charge in [0.25, 0.3) is 5.56 Å². The van der Waals surface area contributed by atoms with Crippen LogP contribution in [-0.2, 0) is 11.2 Å². The number of halogens is 2. The standard InChI is InChI=1S/C36H36F2N6O2/c1-7-27(45)42-16-22-9-10-23-34(43(22)15-21(42)6)24-14-25(37)29(28-19(4)8-11-26-32(28)41-17-40-26)30(38)35(24)44(36(23)46)33-20(5)12-13-39-31(33)18(2)3/h7-8,11-14,17-18,21-22H,1,9-10,15-16H2,2-6H3,(H,40,41). The number of aryl methyl sites for hydroxylation is 2. The highest BCUT2D eigenvalue weighted by molar-refractivity contribution is 6.02. The maximum Gasteiger partial charge on any atom is 0.261 e. The maximum absolute atomic E-state index is 17.6. The Kier molecular flexibility index (Phi) is 7.06. The fourth-order valence-electron chi connectivity index (χ4n) is 7.51. The van der Waals surface area contributed by atoms with Crippen LogP contribution in [-0.4, -0.2) is 55.5 Å². The summed E-state index contributed by atoms with van der Waals surface area (Å²) in [5.74, 6) is -1.80. The van der Waals surface area contributed by atoms with E-state index in [-0.39, 0.29) is 40.5 Å². The van der Waals surface area contributed by atoms with E-state index < -0.39 is 11.6 Å². The first-order chi connectivity index (χ1) is 22.0. The Morgan fingerprint density at radius 2 is 1.87 bits per heavy atom. The van der Waals surface area contributed by atoms with Crippen LogP contribution in [0.1, 0.15) is 55.5 Å². The molecule has 7 rings (SSSR count). The molecule has 0 bridgehead atoms. The fraction of sp³-hybridized carbons (Fsp3) is 0.333. The smallest absolute Gasteiger partial charge is 0.261 e. The van der Waals surface area contributed by atoms with Gasteiger partial charge in [0.2, 0.25) is 5.91 Å². The highest BCUT2D eigenvalue weighted by Crippen LogP contribution is 2.44. The Morgan fingerprint density at radius 3 is 2.61 bits per heavy atom. The first-order valence-corrected chi connectivity index (χ1v) is 15.7. The molecule has 2 aliphatic heterocycles. The van der Waals surface area contributed by atoms with Crippen molar-refractivity contribution in [2.75, 3.05) is 18.0 Å². The number of piperazine rings is 1. The third-order valence-corrected chi connectivity index (χ3v) is 9.71. The molecule has 1 saturated heterocycles. The summed E-state index contributed by atoms with van der Waals surface area (Å²) >= 11 is 0. The number of aromatic amines is 1. The van der Waals surface area contributed by atoms with Crippen molar-refractivity contribution in [1.82, 2.24) is 24.4 Å². The summed E-state index contributed by atoms with van der Waals surface area (Å²) in [5.41, 5.74) is 4.48. The average molecular weight is 623 g/mol. The molecule has 2 aromatic carbocycles. The zero-order chi connectivity index (χ0) is 32.6. The lowest BCUT2D eigenvalue weighted by Gasteiger charge is -2.49. The number of amides is 1. The van der Waals surface area contributed by atoms with Gasteiger partial charge in [-0.2, -0.15) is 0 Å². The van der Waals surface area contributed by atoms with E-state index in [0.717, 1.165) is 5.56 Å². The average Bonchev–Trinajstić information content (AvgIpc) is 3.51. The van der Waals surface area contributed by atoms with Crippen molar-refractivity contribution in [1.29, 1.82) is 0 Å². The molecule has 0 radical (unpaired) electrons. The third kappa shape index (κ3) is 4.29. The molecule has 5 heterocycles. The number of nitrogens with zero attached hydrogens (tertiary/aromatic N) is 5. The van der Waals surface area contributed by atoms with Crippen LogP contribution < -0.4 is 10.5 Å². The molecular formula is C36H36F2N6O2. The largest absolute Gasteiger partial charge is 0.364 e. The number of carbonyl (C=O) groups excluding carboxylic acids is 1. The van der Waals surface area contributed by atoms with Gasteiger partial charge in [-0.15, -0.1) is 0 Å². The summed E-state index contributed by atoms with van der Waals surface area (Å²) in [7, 11) is 0. The minimum absolute atomic E-state index is 0.00277. The second-order valence-corrected chi connectivity index (χ2v) is 12.9. The molecule has 0 aliphatic carbocycles. The second-order valence-electron chi connectivity index (χ2n) is 12.9. The number of aromatic nitrogens is 4. The Morgan fingerprint density at radius 1 is 1.09 bits per heavy atom. The lowest BCUT2D eigenvalue weighted by molar-refractivity contribution is -0.129. The zero-order valence-corrected chi connectivity index (χ0v) is 26.6. The topological polar surface area (TPSA) is 87.1 Å². The Labute approximate surface area is 265 Å². The number of rotatable bonds is 4. The van der Waals surface area contributed by atoms with Crippen LogP contribution in [0, 0.1) is 25.5 Å². The Bertz CT molecular complexity index is 2150. The minimum atomic E-state index is -0.831. The Hall–Kier alpha value is -4.86. The summed E-state index contributed by atoms with van der Waals surface area (Å²) in [6.45, 7) is 14.1. The SMILES string of the molecule is C=CC(=O)N1CC2CCc3c(c4cc(F)c(-c5c(C)ccc6[nH]cnc56)c(F)c4n(-c4c(C)ccnc4C(C)C)c3=O)N2CC1C. The number of H-pyrrole nitrogens is 1. The molecule has 5 aromatic rings. The highest BCUT2D eigenvalue weighted by atomic mass is 19.1. The number of carbonyl (C=O) groups is 1. The van der Waals surface area contributed by atoms with Crippen LogP contribution in [0.4, 0.5) is 14.5 Å². The van der Waals surface area contributed by atoms with Crippen LogP contribution >= 0.6 is 0 Å². The van der Waals surface area contributed by atoms with Crippen molar-refractivity contribution < 1.29 is 13.6 Å². The van der Waals surface area contributed by atoms with Gasteiger partial charge in [0, 0.05) is 47.9 Å². The molecule has 1 N–H and O–H groups in total. The molecule has 0 spiro atoms. The van der Waals surface area contributed by atoms with E-state index in [2.05, 4.69) is 26.4 Å². The van der Waals surface area contributed by atoms with Gasteiger partial charge >= 0.3 is 0 Å². The molecule has 8 nitrogen and oxygen atoms in total. The minimum Gasteiger partial charge on any atom is -0.364 e. The molecule has 0 saturated carbocycles. The van der Waals surface area contributed by atoms with Crippen LogP contribution in [0.3, 0.4) is 0 Å². The molecular weight excluding hydrogens is 586 g/mol. The number of fused-ring (bicyclic) bond motifs is 6. The maximum atomic E-state index is 17.6. The number of anilines is 1. The van der Waals surface area contributed by atoms with Gasteiger partial charge in [0.15, 0.2) is 5.82 Å². The van der Waals surface area contributed by atoms with Gasteiger partial charge in [-0.25, -0.2) is 13.8 Å². The van der Waals surface area contributed by atoms with Gasteiger partial charge in [0.05, 0.1) is 45.5 Å². The van der Waals surface area contributed by atoms with E-state index in [1.54, 1.807) is 24.1 Å². The highest BCUT2D eigenvalue weighted by Gasteiger charge is 2.40. The second kappa shape index (κ2) is 10.9. The number of nitrogens with one attached hydrogen (secondary N) is 1. The number of imidazole rings is 1. The van der Waals surface area contributed by atoms with Gasteiger partial charge < -0.3 is 14.8 Å². The van der Waals surface area contributed by atoms with E-state index in [0.29, 0.717) is 76.1 Å². The molecule has 236 valence electrons. The third-order valence-electron chi connectivity index (χ3n) is 9.71. The van der Waals surface area contributed by atoms with Crippen molar-refractivity contribution in [2.45, 2.75) is 65.5 Å². The van der Waals surface area contributed by atoms with Crippen LogP contribution in [0.2, 0.25) is 0 Å². The van der Waals surface area contributed by atoms with E-state index in [4.69, 9.17) is 0 Å². The number of benzene rings is 2. The molecule has 2 unspecified atom stereocenters. The number of pyridine rings is 2. The first-order valence-electron chi connectivity index (χ1n) is 15.7. The van der Waals surface area contributed by atoms with Crippen molar-refractivity contribution in [3.05, 3.63) is 93.8 Å². The van der Waals surface area contributed by atoms with Crippen LogP contribution in [0.15, 0.2) is 54.2 Å². The van der Waals surface area contributed by atoms with Gasteiger partial charge in [0.1, 0.15) is 5.82 Å². The molecule has 46 heavy (non-hydrogen) atoms. The van der Waals surface area contributed by atoms with Crippen molar-refractivity contribution in [2.24, 2.45) is 0 Å². The van der Waals surface area contributed by atoms with E-state index in [1.807, 2.05) is 39.8 Å². The predicted octanol–water partition coefficient (Wildman–Crippen LogP) is 6.49. The lowest BCUT2D eigenvalue weighted by Crippen LogP contribution is -2.60. The molecule has 2 aliphatic rings. The first kappa shape index (κ1) is 29.8. The van der Waals surface area contributed by atoms with Crippen molar-refractivity contribution in [3.8, 4) is 16.8 Å². The van der Waals surface area contributed by atoms with Crippen molar-refractivity contribution >= 4 is 33.5 Å². The lowest BCUT2D eigenvalue weighted by atomic mass is 9.89. The van der Waals surface area contributed by atoms with E-state index in [9.17, 15) is 9.59 Å². The van der Waals surface area contributed by atoms with Crippen LogP contribution in [0.5, 0.6) is 0 Å². The summed E-state index contributed by atoms with van der Waals surface area (Å²) in [6, 6.07) is 6.50. The molecule has 1 fully saturated rings. The molecule has 1 amide bonds. The van der Waals surface area contributed by atoms with Crippen molar-refractivity contribution in [3.63, 3.8) is 0 Å². The number of hydrogen-bond acceptors (Lipinski definition) is 5. The zero-order valence-electron chi connectivity index (χ0n) is 26.6. The summed E-state index contributed by atoms with van der Waals surface area (Å²) in [4.78, 5) is 43.4. The normalized spacial score (nSPS) is 17.9. The van der Waals surface area contributed by atoms with E-state index >= 15 is 8.78 Å². The van der Waals surface area contributed by atoms with Gasteiger partial charge in [-0.1, -0.05) is 26.5 Å².